The van der Waals surface area contributed by atoms with Crippen molar-refractivity contribution in [2.24, 2.45) is 0 Å². The molecule has 0 spiro atoms. The maximum absolute atomic E-state index is 14.3. The molecule has 5 heteroatoms. The number of nitrogens with zero attached hydrogens (tertiary/aromatic N) is 1. The monoisotopic (exact) mass is 341 g/mol. The summed E-state index contributed by atoms with van der Waals surface area (Å²) in [5, 5.41) is 5.92. The minimum Gasteiger partial charge on any atom is -0.371 e. The molecule has 0 atom stereocenters. The van der Waals surface area contributed by atoms with E-state index in [2.05, 4.69) is 15.5 Å². The number of carbonyl (C=O) groups excluding carboxylic acids is 1. The van der Waals surface area contributed by atoms with Crippen LogP contribution in [0.25, 0.3) is 0 Å². The third-order valence-corrected chi connectivity index (χ3v) is 4.61. The molecule has 1 saturated heterocycles. The van der Waals surface area contributed by atoms with Crippen LogP contribution < -0.4 is 15.5 Å². The SMILES string of the molecule is CNC(=O)c1ccc(CNCc2c(F)cccc2N2CCCC2)cc1. The van der Waals surface area contributed by atoms with Crippen LogP contribution in [0.2, 0.25) is 0 Å². The van der Waals surface area contributed by atoms with E-state index in [9.17, 15) is 9.18 Å². The molecule has 25 heavy (non-hydrogen) atoms. The van der Waals surface area contributed by atoms with Gasteiger partial charge in [-0.3, -0.25) is 4.79 Å². The Morgan fingerprint density at radius 2 is 1.80 bits per heavy atom. The van der Waals surface area contributed by atoms with E-state index < -0.39 is 0 Å². The Balaban J connectivity index is 1.63. The van der Waals surface area contributed by atoms with Crippen molar-refractivity contribution in [1.29, 1.82) is 0 Å². The van der Waals surface area contributed by atoms with Crippen LogP contribution in [-0.4, -0.2) is 26.0 Å². The van der Waals surface area contributed by atoms with Gasteiger partial charge < -0.3 is 15.5 Å². The number of benzene rings is 2. The average Bonchev–Trinajstić information content (AvgIpc) is 3.17. The molecule has 0 radical (unpaired) electrons. The van der Waals surface area contributed by atoms with Crippen molar-refractivity contribution in [3.8, 4) is 0 Å². The second-order valence-corrected chi connectivity index (χ2v) is 6.31. The van der Waals surface area contributed by atoms with Gasteiger partial charge in [0.15, 0.2) is 0 Å². The molecule has 132 valence electrons. The van der Waals surface area contributed by atoms with E-state index in [0.717, 1.165) is 29.9 Å². The van der Waals surface area contributed by atoms with E-state index in [4.69, 9.17) is 0 Å². The Kier molecular flexibility index (Phi) is 5.66. The van der Waals surface area contributed by atoms with Crippen molar-refractivity contribution in [3.63, 3.8) is 0 Å². The normalized spacial score (nSPS) is 13.9. The highest BCUT2D eigenvalue weighted by molar-refractivity contribution is 5.93. The van der Waals surface area contributed by atoms with Gasteiger partial charge in [-0.05, 0) is 42.7 Å². The molecule has 0 saturated carbocycles. The Bertz CT molecular complexity index is 724. The topological polar surface area (TPSA) is 44.4 Å². The minimum atomic E-state index is -0.160. The van der Waals surface area contributed by atoms with Crippen molar-refractivity contribution in [2.45, 2.75) is 25.9 Å². The van der Waals surface area contributed by atoms with Gasteiger partial charge >= 0.3 is 0 Å². The maximum atomic E-state index is 14.3. The van der Waals surface area contributed by atoms with Gasteiger partial charge in [0.05, 0.1) is 0 Å². The van der Waals surface area contributed by atoms with Gasteiger partial charge in [-0.25, -0.2) is 4.39 Å². The Hall–Kier alpha value is -2.40. The van der Waals surface area contributed by atoms with Crippen LogP contribution >= 0.6 is 0 Å². The highest BCUT2D eigenvalue weighted by Crippen LogP contribution is 2.26. The Morgan fingerprint density at radius 1 is 1.08 bits per heavy atom. The molecule has 4 nitrogen and oxygen atoms in total. The van der Waals surface area contributed by atoms with E-state index in [1.165, 1.54) is 18.9 Å². The van der Waals surface area contributed by atoms with Crippen molar-refractivity contribution in [1.82, 2.24) is 10.6 Å². The van der Waals surface area contributed by atoms with Gasteiger partial charge in [0.1, 0.15) is 5.82 Å². The summed E-state index contributed by atoms with van der Waals surface area (Å²) < 4.78 is 14.3. The smallest absolute Gasteiger partial charge is 0.251 e. The molecule has 0 aromatic heterocycles. The molecule has 1 heterocycles. The van der Waals surface area contributed by atoms with Crippen LogP contribution in [0, 0.1) is 5.82 Å². The molecule has 1 aliphatic heterocycles. The molecule has 0 bridgehead atoms. The third-order valence-electron chi connectivity index (χ3n) is 4.61. The summed E-state index contributed by atoms with van der Waals surface area (Å²) in [7, 11) is 1.62. The number of hydrogen-bond donors (Lipinski definition) is 2. The van der Waals surface area contributed by atoms with Gasteiger partial charge in [0.2, 0.25) is 0 Å². The predicted octanol–water partition coefficient (Wildman–Crippen LogP) is 3.08. The first-order valence-corrected chi connectivity index (χ1v) is 8.73. The van der Waals surface area contributed by atoms with Crippen LogP contribution in [-0.2, 0) is 13.1 Å². The molecule has 3 rings (SSSR count). The Morgan fingerprint density at radius 3 is 2.48 bits per heavy atom. The number of amides is 1. The highest BCUT2D eigenvalue weighted by Gasteiger charge is 2.17. The van der Waals surface area contributed by atoms with Crippen molar-refractivity contribution >= 4 is 11.6 Å². The van der Waals surface area contributed by atoms with Crippen LogP contribution in [0.1, 0.15) is 34.3 Å². The third kappa shape index (κ3) is 4.17. The van der Waals surface area contributed by atoms with Crippen molar-refractivity contribution in [2.75, 3.05) is 25.0 Å². The van der Waals surface area contributed by atoms with E-state index in [0.29, 0.717) is 18.7 Å². The molecule has 1 aliphatic rings. The standard InChI is InChI=1S/C20H24FN3O/c1-22-20(25)16-9-7-15(8-10-16)13-23-14-17-18(21)5-4-6-19(17)24-11-2-3-12-24/h4-10,23H,2-3,11-14H2,1H3,(H,22,25). The summed E-state index contributed by atoms with van der Waals surface area (Å²) in [5.74, 6) is -0.256. The zero-order valence-corrected chi connectivity index (χ0v) is 14.5. The van der Waals surface area contributed by atoms with E-state index in [-0.39, 0.29) is 11.7 Å². The number of hydrogen-bond acceptors (Lipinski definition) is 3. The van der Waals surface area contributed by atoms with Crippen molar-refractivity contribution < 1.29 is 9.18 Å². The van der Waals surface area contributed by atoms with Gasteiger partial charge in [-0.15, -0.1) is 0 Å². The summed E-state index contributed by atoms with van der Waals surface area (Å²) in [6, 6.07) is 12.7. The summed E-state index contributed by atoms with van der Waals surface area (Å²) >= 11 is 0. The first kappa shape index (κ1) is 17.4. The summed E-state index contributed by atoms with van der Waals surface area (Å²) in [6.07, 6.45) is 2.34. The molecule has 1 amide bonds. The van der Waals surface area contributed by atoms with E-state index >= 15 is 0 Å². The Labute approximate surface area is 148 Å². The fourth-order valence-electron chi connectivity index (χ4n) is 3.23. The number of nitrogens with one attached hydrogen (secondary N) is 2. The maximum Gasteiger partial charge on any atom is 0.251 e. The molecule has 2 N–H and O–H groups in total. The molecule has 0 unspecified atom stereocenters. The molecular formula is C20H24FN3O. The lowest BCUT2D eigenvalue weighted by Crippen LogP contribution is -2.22. The molecule has 2 aromatic carbocycles. The molecule has 1 fully saturated rings. The first-order valence-electron chi connectivity index (χ1n) is 8.73. The van der Waals surface area contributed by atoms with Gasteiger partial charge in [0, 0.05) is 50.0 Å². The summed E-state index contributed by atoms with van der Waals surface area (Å²) in [6.45, 7) is 3.10. The fourth-order valence-corrected chi connectivity index (χ4v) is 3.23. The lowest BCUT2D eigenvalue weighted by Gasteiger charge is -2.22. The summed E-state index contributed by atoms with van der Waals surface area (Å²) in [5.41, 5.74) is 3.43. The van der Waals surface area contributed by atoms with Crippen molar-refractivity contribution in [3.05, 3.63) is 65.0 Å². The van der Waals surface area contributed by atoms with E-state index in [1.807, 2.05) is 18.2 Å². The zero-order valence-electron chi connectivity index (χ0n) is 14.5. The number of carbonyl (C=O) groups is 1. The van der Waals surface area contributed by atoms with Gasteiger partial charge in [0.25, 0.3) is 5.91 Å². The fraction of sp³-hybridized carbons (Fsp3) is 0.350. The van der Waals surface area contributed by atoms with Crippen LogP contribution in [0.5, 0.6) is 0 Å². The first-order chi connectivity index (χ1) is 12.2. The minimum absolute atomic E-state index is 0.0962. The van der Waals surface area contributed by atoms with Crippen LogP contribution in [0.4, 0.5) is 10.1 Å². The number of halogens is 1. The number of rotatable bonds is 6. The molecule has 2 aromatic rings. The van der Waals surface area contributed by atoms with Gasteiger partial charge in [-0.2, -0.15) is 0 Å². The second-order valence-electron chi connectivity index (χ2n) is 6.31. The molecule has 0 aliphatic carbocycles. The quantitative estimate of drug-likeness (QED) is 0.849. The highest BCUT2D eigenvalue weighted by atomic mass is 19.1. The molecular weight excluding hydrogens is 317 g/mol. The second kappa shape index (κ2) is 8.12. The largest absolute Gasteiger partial charge is 0.371 e. The predicted molar refractivity (Wildman–Crippen MR) is 98.2 cm³/mol. The average molecular weight is 341 g/mol. The number of anilines is 1. The lowest BCUT2D eigenvalue weighted by molar-refractivity contribution is 0.0963. The van der Waals surface area contributed by atoms with E-state index in [1.54, 1.807) is 25.2 Å². The lowest BCUT2D eigenvalue weighted by atomic mass is 10.1. The van der Waals surface area contributed by atoms with Crippen LogP contribution in [0.15, 0.2) is 42.5 Å². The van der Waals surface area contributed by atoms with Gasteiger partial charge in [-0.1, -0.05) is 18.2 Å². The summed E-state index contributed by atoms with van der Waals surface area (Å²) in [4.78, 5) is 13.8. The van der Waals surface area contributed by atoms with Crippen LogP contribution in [0.3, 0.4) is 0 Å². The zero-order chi connectivity index (χ0) is 17.6.